The number of carbonyl (C=O) groups is 2. The molecule has 27 heavy (non-hydrogen) atoms. The number of imidazole rings is 1. The number of amides is 2. The molecule has 0 aliphatic carbocycles. The number of ether oxygens (including phenoxy) is 1. The Balaban J connectivity index is 1.27. The smallest absolute Gasteiger partial charge is 0.251 e. The van der Waals surface area contributed by atoms with Crippen LogP contribution in [-0.4, -0.2) is 51.9 Å². The molecule has 7 nitrogen and oxygen atoms in total. The summed E-state index contributed by atoms with van der Waals surface area (Å²) in [7, 11) is 0. The lowest BCUT2D eigenvalue weighted by molar-refractivity contribution is -0.143. The van der Waals surface area contributed by atoms with Crippen LogP contribution >= 0.6 is 0 Å². The summed E-state index contributed by atoms with van der Waals surface area (Å²) in [6.07, 6.45) is 4.88. The largest absolute Gasteiger partial charge is 0.368 e. The molecule has 0 unspecified atom stereocenters. The molecule has 4 heterocycles. The second kappa shape index (κ2) is 7.68. The number of hydrogen-bond donors (Lipinski definition) is 1. The van der Waals surface area contributed by atoms with Crippen LogP contribution in [0.5, 0.6) is 0 Å². The number of aryl methyl sites for hydroxylation is 1. The van der Waals surface area contributed by atoms with Crippen molar-refractivity contribution in [3.05, 3.63) is 35.8 Å². The molecule has 0 aromatic carbocycles. The molecule has 4 rings (SSSR count). The van der Waals surface area contributed by atoms with Gasteiger partial charge in [0.05, 0.1) is 12.2 Å². The van der Waals surface area contributed by atoms with Crippen LogP contribution in [0.2, 0.25) is 0 Å². The maximum absolute atomic E-state index is 12.5. The zero-order valence-corrected chi connectivity index (χ0v) is 15.7. The van der Waals surface area contributed by atoms with Gasteiger partial charge in [0.2, 0.25) is 5.91 Å². The molecule has 2 aliphatic heterocycles. The minimum atomic E-state index is -0.270. The predicted octanol–water partition coefficient (Wildman–Crippen LogP) is 1.68. The van der Waals surface area contributed by atoms with E-state index in [0.717, 1.165) is 29.9 Å². The Kier molecular flexibility index (Phi) is 5.11. The van der Waals surface area contributed by atoms with Crippen LogP contribution in [0.4, 0.5) is 0 Å². The van der Waals surface area contributed by atoms with E-state index in [4.69, 9.17) is 4.74 Å². The van der Waals surface area contributed by atoms with Crippen LogP contribution < -0.4 is 5.32 Å². The highest BCUT2D eigenvalue weighted by molar-refractivity contribution is 5.82. The van der Waals surface area contributed by atoms with Gasteiger partial charge < -0.3 is 19.4 Å². The fraction of sp³-hybridized carbons (Fsp3) is 0.550. The average molecular weight is 370 g/mol. The summed E-state index contributed by atoms with van der Waals surface area (Å²) in [6.45, 7) is 4.39. The van der Waals surface area contributed by atoms with Crippen molar-refractivity contribution in [3.8, 4) is 0 Å². The Morgan fingerprint density at radius 1 is 1.26 bits per heavy atom. The Morgan fingerprint density at radius 3 is 2.78 bits per heavy atom. The summed E-state index contributed by atoms with van der Waals surface area (Å²) in [4.78, 5) is 31.3. The molecule has 2 aliphatic rings. The fourth-order valence-corrected chi connectivity index (χ4v) is 3.94. The van der Waals surface area contributed by atoms with E-state index in [1.165, 1.54) is 0 Å². The minimum Gasteiger partial charge on any atom is -0.368 e. The zero-order valence-electron chi connectivity index (χ0n) is 15.7. The zero-order chi connectivity index (χ0) is 18.8. The molecule has 2 fully saturated rings. The number of pyridine rings is 1. The van der Waals surface area contributed by atoms with Crippen molar-refractivity contribution in [2.24, 2.45) is 5.92 Å². The normalized spacial score (nSPS) is 20.9. The first kappa shape index (κ1) is 18.0. The van der Waals surface area contributed by atoms with E-state index in [2.05, 4.69) is 10.3 Å². The highest BCUT2D eigenvalue weighted by Crippen LogP contribution is 2.21. The van der Waals surface area contributed by atoms with Gasteiger partial charge in [-0.25, -0.2) is 4.98 Å². The van der Waals surface area contributed by atoms with Gasteiger partial charge in [0, 0.05) is 37.5 Å². The molecule has 0 saturated carbocycles. The number of hydrogen-bond acceptors (Lipinski definition) is 4. The van der Waals surface area contributed by atoms with Crippen LogP contribution in [0.15, 0.2) is 24.4 Å². The first-order valence-electron chi connectivity index (χ1n) is 9.73. The van der Waals surface area contributed by atoms with E-state index in [0.29, 0.717) is 39.1 Å². The van der Waals surface area contributed by atoms with E-state index in [9.17, 15) is 9.59 Å². The third kappa shape index (κ3) is 3.83. The molecule has 1 atom stereocenters. The highest BCUT2D eigenvalue weighted by Gasteiger charge is 2.32. The number of nitrogens with one attached hydrogen (secondary N) is 1. The van der Waals surface area contributed by atoms with Gasteiger partial charge in [-0.15, -0.1) is 0 Å². The molecule has 1 N–H and O–H groups in total. The molecule has 2 aromatic rings. The topological polar surface area (TPSA) is 75.9 Å². The van der Waals surface area contributed by atoms with Gasteiger partial charge in [0.1, 0.15) is 11.8 Å². The third-order valence-corrected chi connectivity index (χ3v) is 5.57. The predicted molar refractivity (Wildman–Crippen MR) is 100 cm³/mol. The van der Waals surface area contributed by atoms with E-state index in [1.807, 2.05) is 40.6 Å². The fourth-order valence-electron chi connectivity index (χ4n) is 3.94. The Labute approximate surface area is 158 Å². The first-order chi connectivity index (χ1) is 13.1. The lowest BCUT2D eigenvalue weighted by Gasteiger charge is -2.32. The van der Waals surface area contributed by atoms with Crippen LogP contribution in [-0.2, 0) is 20.9 Å². The molecule has 0 spiro atoms. The van der Waals surface area contributed by atoms with Crippen LogP contribution in [0.25, 0.3) is 5.65 Å². The lowest BCUT2D eigenvalue weighted by Crippen LogP contribution is -2.46. The number of piperidine rings is 1. The standard InChI is InChI=1S/C20H26N4O3/c1-14-4-2-6-18-22-16(13-24(14)18)12-21-19(25)15-7-9-23(10-8-15)20(26)17-5-3-11-27-17/h2,4,6,13,15,17H,3,5,7-12H2,1H3,(H,21,25)/t17-/m1/s1. The van der Waals surface area contributed by atoms with Gasteiger partial charge in [0.15, 0.2) is 0 Å². The van der Waals surface area contributed by atoms with Crippen molar-refractivity contribution >= 4 is 17.5 Å². The highest BCUT2D eigenvalue weighted by atomic mass is 16.5. The summed E-state index contributed by atoms with van der Waals surface area (Å²) >= 11 is 0. The molecule has 0 radical (unpaired) electrons. The second-order valence-electron chi connectivity index (χ2n) is 7.45. The monoisotopic (exact) mass is 370 g/mol. The van der Waals surface area contributed by atoms with Gasteiger partial charge >= 0.3 is 0 Å². The minimum absolute atomic E-state index is 0.0442. The lowest BCUT2D eigenvalue weighted by atomic mass is 9.95. The molecule has 2 aromatic heterocycles. The van der Waals surface area contributed by atoms with Gasteiger partial charge in [-0.2, -0.15) is 0 Å². The van der Waals surface area contributed by atoms with Gasteiger partial charge in [-0.1, -0.05) is 6.07 Å². The Morgan fingerprint density at radius 2 is 2.07 bits per heavy atom. The van der Waals surface area contributed by atoms with E-state index in [1.54, 1.807) is 0 Å². The van der Waals surface area contributed by atoms with Crippen molar-refractivity contribution in [1.29, 1.82) is 0 Å². The summed E-state index contributed by atoms with van der Waals surface area (Å²) in [5.41, 5.74) is 2.85. The average Bonchev–Trinajstić information content (AvgIpc) is 3.36. The quantitative estimate of drug-likeness (QED) is 0.888. The number of rotatable bonds is 4. The maximum Gasteiger partial charge on any atom is 0.251 e. The van der Waals surface area contributed by atoms with Gasteiger partial charge in [0.25, 0.3) is 5.91 Å². The summed E-state index contributed by atoms with van der Waals surface area (Å²) in [5, 5.41) is 3.01. The van der Waals surface area contributed by atoms with Gasteiger partial charge in [-0.3, -0.25) is 9.59 Å². The Bertz CT molecular complexity index is 833. The van der Waals surface area contributed by atoms with E-state index in [-0.39, 0.29) is 23.8 Å². The second-order valence-corrected chi connectivity index (χ2v) is 7.45. The number of carbonyl (C=O) groups excluding carboxylic acids is 2. The molecular weight excluding hydrogens is 344 g/mol. The van der Waals surface area contributed by atoms with Crippen LogP contribution in [0.3, 0.4) is 0 Å². The summed E-state index contributed by atoms with van der Waals surface area (Å²) in [5.74, 6) is 0.0942. The van der Waals surface area contributed by atoms with E-state index < -0.39 is 0 Å². The number of likely N-dealkylation sites (tertiary alicyclic amines) is 1. The van der Waals surface area contributed by atoms with Crippen molar-refractivity contribution in [2.45, 2.75) is 45.3 Å². The van der Waals surface area contributed by atoms with Crippen LogP contribution in [0, 0.1) is 12.8 Å². The summed E-state index contributed by atoms with van der Waals surface area (Å²) < 4.78 is 7.51. The van der Waals surface area contributed by atoms with E-state index >= 15 is 0 Å². The molecule has 7 heteroatoms. The van der Waals surface area contributed by atoms with Gasteiger partial charge in [-0.05, 0) is 44.7 Å². The molecule has 144 valence electrons. The summed E-state index contributed by atoms with van der Waals surface area (Å²) in [6, 6.07) is 5.97. The molecule has 2 amide bonds. The van der Waals surface area contributed by atoms with Crippen molar-refractivity contribution in [2.75, 3.05) is 19.7 Å². The maximum atomic E-state index is 12.5. The Hall–Kier alpha value is -2.41. The third-order valence-electron chi connectivity index (χ3n) is 5.57. The van der Waals surface area contributed by atoms with Crippen molar-refractivity contribution < 1.29 is 14.3 Å². The van der Waals surface area contributed by atoms with Crippen molar-refractivity contribution in [1.82, 2.24) is 19.6 Å². The van der Waals surface area contributed by atoms with Crippen LogP contribution in [0.1, 0.15) is 37.1 Å². The number of aromatic nitrogens is 2. The number of fused-ring (bicyclic) bond motifs is 1. The molecule has 0 bridgehead atoms. The SMILES string of the molecule is Cc1cccc2nc(CNC(=O)C3CCN(C(=O)[C@H]4CCCO4)CC3)cn12. The molecule has 2 saturated heterocycles. The molecular formula is C20H26N4O3. The number of nitrogens with zero attached hydrogens (tertiary/aromatic N) is 3. The van der Waals surface area contributed by atoms with Crippen molar-refractivity contribution in [3.63, 3.8) is 0 Å². The first-order valence-corrected chi connectivity index (χ1v) is 9.73.